The maximum atomic E-state index is 6.92. The minimum absolute atomic E-state index is 0.771. The molecule has 0 radical (unpaired) electrons. The molecule has 0 N–H and O–H groups in total. The van der Waals surface area contributed by atoms with Gasteiger partial charge in [0.2, 0.25) is 0 Å². The third-order valence-electron chi connectivity index (χ3n) is 9.95. The number of hydrogen-bond donors (Lipinski definition) is 0. The molecule has 0 fully saturated rings. The van der Waals surface area contributed by atoms with Crippen LogP contribution in [0.25, 0.3) is 56.4 Å². The van der Waals surface area contributed by atoms with E-state index in [9.17, 15) is 0 Å². The van der Waals surface area contributed by atoms with E-state index < -0.39 is 0 Å². The van der Waals surface area contributed by atoms with E-state index >= 15 is 0 Å². The number of benzene rings is 4. The molecule has 0 saturated heterocycles. The summed E-state index contributed by atoms with van der Waals surface area (Å²) >= 11 is 0. The Labute approximate surface area is 300 Å². The topological polar surface area (TPSA) is 26.3 Å². The van der Waals surface area contributed by atoms with Crippen molar-refractivity contribution >= 4 is 0 Å². The highest BCUT2D eigenvalue weighted by molar-refractivity contribution is 5.90. The molecule has 0 amide bonds. The molecule has 4 aromatic carbocycles. The second-order valence-electron chi connectivity index (χ2n) is 13.9. The molecule has 0 aliphatic rings. The first-order valence-corrected chi connectivity index (χ1v) is 19.2. The first-order chi connectivity index (χ1) is 24.6. The van der Waals surface area contributed by atoms with E-state index in [-0.39, 0.29) is 0 Å². The lowest BCUT2D eigenvalue weighted by Gasteiger charge is -2.07. The summed E-state index contributed by atoms with van der Waals surface area (Å²) < 4.78 is 13.8. The van der Waals surface area contributed by atoms with Gasteiger partial charge in [-0.1, -0.05) is 150 Å². The lowest BCUT2D eigenvalue weighted by atomic mass is 9.97. The van der Waals surface area contributed by atoms with Crippen molar-refractivity contribution in [3.63, 3.8) is 0 Å². The predicted molar refractivity (Wildman–Crippen MR) is 213 cm³/mol. The smallest absolute Gasteiger partial charge is 0.178 e. The maximum Gasteiger partial charge on any atom is 0.178 e. The molecular formula is C48H54O2. The van der Waals surface area contributed by atoms with Gasteiger partial charge in [-0.15, -0.1) is 0 Å². The molecule has 2 heteroatoms. The quantitative estimate of drug-likeness (QED) is 0.0971. The molecule has 258 valence electrons. The fraction of sp³-hybridized carbons (Fsp3) is 0.333. The second-order valence-corrected chi connectivity index (χ2v) is 13.9. The van der Waals surface area contributed by atoms with Crippen LogP contribution in [0.3, 0.4) is 0 Å². The van der Waals surface area contributed by atoms with Gasteiger partial charge in [0.05, 0.1) is 0 Å². The third-order valence-corrected chi connectivity index (χ3v) is 9.95. The molecule has 0 atom stereocenters. The van der Waals surface area contributed by atoms with Gasteiger partial charge in [0.15, 0.2) is 11.5 Å². The number of rotatable bonds is 17. The Kier molecular flexibility index (Phi) is 12.3. The number of hydrogen-bond acceptors (Lipinski definition) is 2. The Hall–Kier alpha value is -4.56. The van der Waals surface area contributed by atoms with Crippen LogP contribution in [-0.2, 0) is 25.7 Å². The van der Waals surface area contributed by atoms with Gasteiger partial charge in [-0.3, -0.25) is 0 Å². The van der Waals surface area contributed by atoms with Crippen LogP contribution in [0.1, 0.15) is 101 Å². The van der Waals surface area contributed by atoms with Crippen molar-refractivity contribution in [1.82, 2.24) is 0 Å². The Morgan fingerprint density at radius 1 is 0.340 bits per heavy atom. The maximum absolute atomic E-state index is 6.92. The zero-order chi connectivity index (χ0) is 34.7. The van der Waals surface area contributed by atoms with Crippen molar-refractivity contribution < 1.29 is 8.83 Å². The minimum atomic E-state index is 0.771. The number of unbranched alkanes of at least 4 members (excludes halogenated alkanes) is 4. The average Bonchev–Trinajstić information content (AvgIpc) is 3.81. The molecule has 6 aromatic rings. The predicted octanol–water partition coefficient (Wildman–Crippen LogP) is 14.6. The summed E-state index contributed by atoms with van der Waals surface area (Å²) in [5.74, 6) is 3.25. The number of aryl methyl sites for hydroxylation is 4. The zero-order valence-electron chi connectivity index (χ0n) is 30.7. The minimum Gasteiger partial charge on any atom is -0.452 e. The van der Waals surface area contributed by atoms with Crippen molar-refractivity contribution in [3.8, 4) is 56.4 Å². The first kappa shape index (κ1) is 35.3. The fourth-order valence-electron chi connectivity index (χ4n) is 6.73. The van der Waals surface area contributed by atoms with E-state index in [1.165, 1.54) is 73.6 Å². The average molecular weight is 663 g/mol. The normalized spacial score (nSPS) is 11.4. The first-order valence-electron chi connectivity index (χ1n) is 19.2. The highest BCUT2D eigenvalue weighted by Crippen LogP contribution is 2.46. The zero-order valence-corrected chi connectivity index (χ0v) is 30.7. The van der Waals surface area contributed by atoms with Crippen LogP contribution >= 0.6 is 0 Å². The molecule has 6 rings (SSSR count). The molecule has 2 heterocycles. The molecule has 0 spiro atoms. The SMILES string of the molecule is CCCCc1ccc(-c2cc(-c3ccc(CCCC)cc3)c(-c3oc(-c4ccc(CCCC)cc4)cc3-c3ccc(CCCC)cc3)o2)cc1. The van der Waals surface area contributed by atoms with Gasteiger partial charge < -0.3 is 8.83 Å². The van der Waals surface area contributed by atoms with Crippen molar-refractivity contribution in [2.45, 2.75) is 105 Å². The lowest BCUT2D eigenvalue weighted by Crippen LogP contribution is -1.87. The standard InChI is InChI=1S/C48H54O2/c1-5-9-13-35-17-25-39(26-18-35)43-33-45(41-29-21-37(22-30-41)15-11-7-3)49-47(43)48-44(40-27-19-36(20-28-40)14-10-6-2)34-46(50-48)42-31-23-38(24-32-42)16-12-8-4/h17-34H,5-16H2,1-4H3. The van der Waals surface area contributed by atoms with E-state index in [1.807, 2.05) is 0 Å². The molecule has 0 aliphatic carbocycles. The monoisotopic (exact) mass is 662 g/mol. The van der Waals surface area contributed by atoms with E-state index in [0.29, 0.717) is 0 Å². The largest absolute Gasteiger partial charge is 0.452 e. The third kappa shape index (κ3) is 8.59. The molecule has 50 heavy (non-hydrogen) atoms. The number of furan rings is 2. The molecule has 2 aromatic heterocycles. The molecule has 0 unspecified atom stereocenters. The van der Waals surface area contributed by atoms with Gasteiger partial charge in [0, 0.05) is 22.3 Å². The Balaban J connectivity index is 1.47. The van der Waals surface area contributed by atoms with Gasteiger partial charge in [0.25, 0.3) is 0 Å². The highest BCUT2D eigenvalue weighted by Gasteiger charge is 2.24. The lowest BCUT2D eigenvalue weighted by molar-refractivity contribution is 0.540. The van der Waals surface area contributed by atoms with Crippen LogP contribution in [0.5, 0.6) is 0 Å². The molecule has 2 nitrogen and oxygen atoms in total. The Morgan fingerprint density at radius 3 is 0.860 bits per heavy atom. The summed E-state index contributed by atoms with van der Waals surface area (Å²) in [7, 11) is 0. The van der Waals surface area contributed by atoms with E-state index in [2.05, 4.69) is 137 Å². The summed E-state index contributed by atoms with van der Waals surface area (Å²) in [4.78, 5) is 0. The Bertz CT molecular complexity index is 1760. The molecular weight excluding hydrogens is 609 g/mol. The van der Waals surface area contributed by atoms with Gasteiger partial charge in [-0.25, -0.2) is 0 Å². The molecule has 0 saturated carbocycles. The van der Waals surface area contributed by atoms with Gasteiger partial charge >= 0.3 is 0 Å². The summed E-state index contributed by atoms with van der Waals surface area (Å²) in [5.41, 5.74) is 12.0. The van der Waals surface area contributed by atoms with Gasteiger partial charge in [-0.2, -0.15) is 0 Å². The summed E-state index contributed by atoms with van der Waals surface area (Å²) in [6.07, 6.45) is 14.0. The van der Waals surface area contributed by atoms with Gasteiger partial charge in [-0.05, 0) is 96.9 Å². The van der Waals surface area contributed by atoms with Crippen LogP contribution in [0, 0.1) is 0 Å². The van der Waals surface area contributed by atoms with E-state index in [1.54, 1.807) is 0 Å². The van der Waals surface area contributed by atoms with Crippen LogP contribution in [-0.4, -0.2) is 0 Å². The van der Waals surface area contributed by atoms with E-state index in [4.69, 9.17) is 8.83 Å². The summed E-state index contributed by atoms with van der Waals surface area (Å²) in [6, 6.07) is 40.3. The molecule has 0 aliphatic heterocycles. The second kappa shape index (κ2) is 17.4. The summed E-state index contributed by atoms with van der Waals surface area (Å²) in [6.45, 7) is 8.99. The van der Waals surface area contributed by atoms with Crippen LogP contribution in [0.4, 0.5) is 0 Å². The van der Waals surface area contributed by atoms with Crippen LogP contribution < -0.4 is 0 Å². The van der Waals surface area contributed by atoms with Gasteiger partial charge in [0.1, 0.15) is 11.5 Å². The Morgan fingerprint density at radius 2 is 0.600 bits per heavy atom. The van der Waals surface area contributed by atoms with Crippen molar-refractivity contribution in [2.75, 3.05) is 0 Å². The van der Waals surface area contributed by atoms with Crippen molar-refractivity contribution in [3.05, 3.63) is 131 Å². The van der Waals surface area contributed by atoms with Crippen molar-refractivity contribution in [2.24, 2.45) is 0 Å². The highest BCUT2D eigenvalue weighted by atomic mass is 16.4. The van der Waals surface area contributed by atoms with E-state index in [0.717, 1.165) is 82.1 Å². The summed E-state index contributed by atoms with van der Waals surface area (Å²) in [5, 5.41) is 0. The van der Waals surface area contributed by atoms with Crippen LogP contribution in [0.2, 0.25) is 0 Å². The van der Waals surface area contributed by atoms with Crippen LogP contribution in [0.15, 0.2) is 118 Å². The fourth-order valence-corrected chi connectivity index (χ4v) is 6.73. The molecule has 0 bridgehead atoms. The van der Waals surface area contributed by atoms with Crippen molar-refractivity contribution in [1.29, 1.82) is 0 Å².